The van der Waals surface area contributed by atoms with Crippen molar-refractivity contribution in [3.63, 3.8) is 0 Å². The predicted octanol–water partition coefficient (Wildman–Crippen LogP) is 1.48. The van der Waals surface area contributed by atoms with Gasteiger partial charge < -0.3 is 25.5 Å². The van der Waals surface area contributed by atoms with Crippen LogP contribution in [0.1, 0.15) is 38.1 Å². The van der Waals surface area contributed by atoms with Crippen LogP contribution in [-0.4, -0.2) is 48.1 Å². The molecule has 136 valence electrons. The molecule has 1 aromatic heterocycles. The molecule has 0 saturated carbocycles. The van der Waals surface area contributed by atoms with E-state index in [-0.39, 0.29) is 42.3 Å². The molecule has 7 nitrogen and oxygen atoms in total. The molecule has 0 radical (unpaired) electrons. The molecule has 2 rings (SSSR count). The lowest BCUT2D eigenvalue weighted by molar-refractivity contribution is -0.119. The van der Waals surface area contributed by atoms with Crippen molar-refractivity contribution in [3.05, 3.63) is 24.2 Å². The molecule has 2 unspecified atom stereocenters. The number of nitrogens with zero attached hydrogens (tertiary/aromatic N) is 2. The summed E-state index contributed by atoms with van der Waals surface area (Å²) in [6.45, 7) is 4.62. The highest BCUT2D eigenvalue weighted by Gasteiger charge is 2.23. The van der Waals surface area contributed by atoms with Gasteiger partial charge in [-0.1, -0.05) is 0 Å². The molecule has 1 fully saturated rings. The fourth-order valence-corrected chi connectivity index (χ4v) is 2.88. The third-order valence-corrected chi connectivity index (χ3v) is 3.93. The number of rotatable bonds is 6. The Labute approximate surface area is 159 Å². The molecule has 2 heterocycles. The third kappa shape index (κ3) is 6.31. The Morgan fingerprint density at radius 1 is 1.62 bits per heavy atom. The van der Waals surface area contributed by atoms with Crippen molar-refractivity contribution in [3.8, 4) is 0 Å². The average Bonchev–Trinajstić information content (AvgIpc) is 3.05. The number of furan rings is 1. The van der Waals surface area contributed by atoms with Crippen molar-refractivity contribution in [2.24, 2.45) is 16.6 Å². The summed E-state index contributed by atoms with van der Waals surface area (Å²) in [7, 11) is 0. The van der Waals surface area contributed by atoms with Crippen LogP contribution in [0.15, 0.2) is 27.8 Å². The Hall–Kier alpha value is -1.29. The SMILES string of the molecule is CCNC(=NCC(O)c1ccco1)N1CCCC(CC(N)=O)C1.I. The first kappa shape index (κ1) is 20.8. The summed E-state index contributed by atoms with van der Waals surface area (Å²) in [5.74, 6) is 1.27. The van der Waals surface area contributed by atoms with E-state index in [2.05, 4.69) is 15.2 Å². The minimum absolute atomic E-state index is 0. The summed E-state index contributed by atoms with van der Waals surface area (Å²) < 4.78 is 5.19. The molecule has 24 heavy (non-hydrogen) atoms. The van der Waals surface area contributed by atoms with E-state index in [9.17, 15) is 9.90 Å². The number of halogens is 1. The van der Waals surface area contributed by atoms with Crippen LogP contribution < -0.4 is 11.1 Å². The van der Waals surface area contributed by atoms with Gasteiger partial charge in [-0.05, 0) is 37.8 Å². The number of hydrogen-bond donors (Lipinski definition) is 3. The van der Waals surface area contributed by atoms with E-state index < -0.39 is 6.10 Å². The van der Waals surface area contributed by atoms with Crippen molar-refractivity contribution < 1.29 is 14.3 Å². The Bertz CT molecular complexity index is 521. The Kier molecular flexibility index (Phi) is 9.12. The molecule has 1 aliphatic rings. The zero-order valence-electron chi connectivity index (χ0n) is 14.0. The number of nitrogens with two attached hydrogens (primary N) is 1. The number of aliphatic hydroxyl groups is 1. The summed E-state index contributed by atoms with van der Waals surface area (Å²) in [5.41, 5.74) is 5.31. The standard InChI is InChI=1S/C16H26N4O3.HI/c1-2-18-16(19-10-13(21)14-6-4-8-23-14)20-7-3-5-12(11-20)9-15(17)22;/h4,6,8,12-13,21H,2-3,5,7,9-11H2,1H3,(H2,17,22)(H,18,19);1H. The lowest BCUT2D eigenvalue weighted by Gasteiger charge is -2.34. The maximum Gasteiger partial charge on any atom is 0.217 e. The zero-order chi connectivity index (χ0) is 16.7. The number of hydrogen-bond acceptors (Lipinski definition) is 4. The Balaban J connectivity index is 0.00000288. The number of carbonyl (C=O) groups is 1. The highest BCUT2D eigenvalue weighted by Crippen LogP contribution is 2.20. The summed E-state index contributed by atoms with van der Waals surface area (Å²) >= 11 is 0. The molecule has 2 atom stereocenters. The quantitative estimate of drug-likeness (QED) is 0.346. The number of piperidine rings is 1. The number of primary amides is 1. The molecule has 4 N–H and O–H groups in total. The first-order chi connectivity index (χ1) is 11.1. The van der Waals surface area contributed by atoms with E-state index in [1.807, 2.05) is 6.92 Å². The highest BCUT2D eigenvalue weighted by molar-refractivity contribution is 14.0. The molecule has 0 spiro atoms. The van der Waals surface area contributed by atoms with E-state index in [0.29, 0.717) is 12.2 Å². The van der Waals surface area contributed by atoms with Gasteiger partial charge in [0.2, 0.25) is 5.91 Å². The first-order valence-corrected chi connectivity index (χ1v) is 8.13. The van der Waals surface area contributed by atoms with Crippen molar-refractivity contribution in [1.82, 2.24) is 10.2 Å². The van der Waals surface area contributed by atoms with E-state index in [4.69, 9.17) is 10.2 Å². The van der Waals surface area contributed by atoms with Crippen LogP contribution in [0.25, 0.3) is 0 Å². The van der Waals surface area contributed by atoms with Gasteiger partial charge in [0.05, 0.1) is 12.8 Å². The van der Waals surface area contributed by atoms with Crippen LogP contribution in [-0.2, 0) is 4.79 Å². The number of carbonyl (C=O) groups excluding carboxylic acids is 1. The molecule has 1 aromatic rings. The topological polar surface area (TPSA) is 104 Å². The van der Waals surface area contributed by atoms with Crippen molar-refractivity contribution in [2.75, 3.05) is 26.2 Å². The molecule has 0 aliphatic carbocycles. The van der Waals surface area contributed by atoms with Crippen LogP contribution in [0.3, 0.4) is 0 Å². The molecular weight excluding hydrogens is 423 g/mol. The van der Waals surface area contributed by atoms with Crippen LogP contribution in [0.5, 0.6) is 0 Å². The number of guanidine groups is 1. The minimum atomic E-state index is -0.759. The van der Waals surface area contributed by atoms with Crippen molar-refractivity contribution >= 4 is 35.8 Å². The van der Waals surface area contributed by atoms with Crippen LogP contribution in [0, 0.1) is 5.92 Å². The van der Waals surface area contributed by atoms with E-state index >= 15 is 0 Å². The largest absolute Gasteiger partial charge is 0.467 e. The third-order valence-electron chi connectivity index (χ3n) is 3.93. The second-order valence-electron chi connectivity index (χ2n) is 5.85. The molecule has 8 heteroatoms. The number of nitrogens with one attached hydrogen (secondary N) is 1. The molecule has 0 bridgehead atoms. The number of likely N-dealkylation sites (tertiary alicyclic amines) is 1. The molecule has 1 aliphatic heterocycles. The van der Waals surface area contributed by atoms with Crippen LogP contribution >= 0.6 is 24.0 Å². The van der Waals surface area contributed by atoms with Crippen LogP contribution in [0.2, 0.25) is 0 Å². The lowest BCUT2D eigenvalue weighted by atomic mass is 9.95. The second-order valence-corrected chi connectivity index (χ2v) is 5.85. The van der Waals surface area contributed by atoms with Gasteiger partial charge in [0.25, 0.3) is 0 Å². The molecule has 0 aromatic carbocycles. The second kappa shape index (κ2) is 10.5. The minimum Gasteiger partial charge on any atom is -0.467 e. The average molecular weight is 450 g/mol. The fraction of sp³-hybridized carbons (Fsp3) is 0.625. The van der Waals surface area contributed by atoms with Gasteiger partial charge >= 0.3 is 0 Å². The van der Waals surface area contributed by atoms with E-state index in [0.717, 1.165) is 38.4 Å². The summed E-state index contributed by atoms with van der Waals surface area (Å²) in [5, 5.41) is 13.3. The highest BCUT2D eigenvalue weighted by atomic mass is 127. The van der Waals surface area contributed by atoms with E-state index in [1.165, 1.54) is 6.26 Å². The predicted molar refractivity (Wildman–Crippen MR) is 103 cm³/mol. The zero-order valence-corrected chi connectivity index (χ0v) is 16.3. The molecular formula is C16H27IN4O3. The lowest BCUT2D eigenvalue weighted by Crippen LogP contribution is -2.47. The Morgan fingerprint density at radius 3 is 3.04 bits per heavy atom. The first-order valence-electron chi connectivity index (χ1n) is 8.13. The Morgan fingerprint density at radius 2 is 2.42 bits per heavy atom. The number of amides is 1. The van der Waals surface area contributed by atoms with Crippen LogP contribution in [0.4, 0.5) is 0 Å². The van der Waals surface area contributed by atoms with Gasteiger partial charge in [-0.2, -0.15) is 0 Å². The summed E-state index contributed by atoms with van der Waals surface area (Å²) in [6, 6.07) is 3.48. The molecule has 1 saturated heterocycles. The normalized spacial score (nSPS) is 19.5. The number of aliphatic imine (C=N–C) groups is 1. The van der Waals surface area contributed by atoms with Gasteiger partial charge in [0.1, 0.15) is 11.9 Å². The molecule has 1 amide bonds. The van der Waals surface area contributed by atoms with E-state index in [1.54, 1.807) is 12.1 Å². The maximum atomic E-state index is 11.1. The van der Waals surface area contributed by atoms with Gasteiger partial charge in [0.15, 0.2) is 5.96 Å². The van der Waals surface area contributed by atoms with Gasteiger partial charge in [-0.15, -0.1) is 24.0 Å². The van der Waals surface area contributed by atoms with Crippen molar-refractivity contribution in [2.45, 2.75) is 32.3 Å². The monoisotopic (exact) mass is 450 g/mol. The fourth-order valence-electron chi connectivity index (χ4n) is 2.88. The summed E-state index contributed by atoms with van der Waals surface area (Å²) in [6.07, 6.45) is 3.19. The van der Waals surface area contributed by atoms with Gasteiger partial charge in [-0.3, -0.25) is 4.79 Å². The van der Waals surface area contributed by atoms with Gasteiger partial charge in [-0.25, -0.2) is 4.99 Å². The summed E-state index contributed by atoms with van der Waals surface area (Å²) in [4.78, 5) is 17.8. The number of aliphatic hydroxyl groups excluding tert-OH is 1. The maximum absolute atomic E-state index is 11.1. The smallest absolute Gasteiger partial charge is 0.217 e. The van der Waals surface area contributed by atoms with Crippen molar-refractivity contribution in [1.29, 1.82) is 0 Å². The van der Waals surface area contributed by atoms with Gasteiger partial charge in [0, 0.05) is 26.1 Å².